The Hall–Kier alpha value is -1.06. The van der Waals surface area contributed by atoms with Crippen molar-refractivity contribution in [2.75, 3.05) is 38.1 Å². The van der Waals surface area contributed by atoms with Crippen LogP contribution in [-0.4, -0.2) is 44.2 Å². The molecule has 3 rings (SSSR count). The number of fused-ring (bicyclic) bond motifs is 1. The van der Waals surface area contributed by atoms with Gasteiger partial charge in [-0.1, -0.05) is 24.6 Å². The molecule has 3 nitrogen and oxygen atoms in total. The van der Waals surface area contributed by atoms with Gasteiger partial charge in [0, 0.05) is 37.9 Å². The molecule has 0 aliphatic carbocycles. The van der Waals surface area contributed by atoms with Crippen molar-refractivity contribution < 1.29 is 0 Å². The molecule has 0 radical (unpaired) electrons. The second kappa shape index (κ2) is 6.59. The van der Waals surface area contributed by atoms with Gasteiger partial charge in [0.1, 0.15) is 0 Å². The number of hydrogen-bond acceptors (Lipinski definition) is 3. The van der Waals surface area contributed by atoms with E-state index in [9.17, 15) is 0 Å². The molecular weight excluding hydrogens is 246 g/mol. The van der Waals surface area contributed by atoms with Crippen LogP contribution in [0.25, 0.3) is 0 Å². The molecular formula is C17H27N3. The Morgan fingerprint density at radius 3 is 3.00 bits per heavy atom. The van der Waals surface area contributed by atoms with Crippen molar-refractivity contribution >= 4 is 5.69 Å². The second-order valence-corrected chi connectivity index (χ2v) is 6.21. The average molecular weight is 273 g/mol. The summed E-state index contributed by atoms with van der Waals surface area (Å²) >= 11 is 0. The van der Waals surface area contributed by atoms with Crippen molar-refractivity contribution in [1.29, 1.82) is 0 Å². The quantitative estimate of drug-likeness (QED) is 0.913. The highest BCUT2D eigenvalue weighted by Crippen LogP contribution is 2.24. The van der Waals surface area contributed by atoms with Gasteiger partial charge in [0.25, 0.3) is 0 Å². The number of rotatable bonds is 3. The first kappa shape index (κ1) is 13.9. The number of likely N-dealkylation sites (tertiary alicyclic amines) is 1. The number of hydrogen-bond donors (Lipinski definition) is 1. The van der Waals surface area contributed by atoms with Crippen molar-refractivity contribution in [2.45, 2.75) is 38.3 Å². The van der Waals surface area contributed by atoms with Gasteiger partial charge >= 0.3 is 0 Å². The molecule has 1 N–H and O–H groups in total. The molecule has 0 amide bonds. The van der Waals surface area contributed by atoms with Crippen molar-refractivity contribution in [2.24, 2.45) is 0 Å². The summed E-state index contributed by atoms with van der Waals surface area (Å²) in [5.41, 5.74) is 2.89. The van der Waals surface area contributed by atoms with Crippen molar-refractivity contribution in [3.8, 4) is 0 Å². The lowest BCUT2D eigenvalue weighted by molar-refractivity contribution is 0.177. The van der Waals surface area contributed by atoms with Crippen LogP contribution in [0.5, 0.6) is 0 Å². The van der Waals surface area contributed by atoms with E-state index in [2.05, 4.69) is 46.4 Å². The van der Waals surface area contributed by atoms with Gasteiger partial charge in [0.15, 0.2) is 0 Å². The standard InChI is InChI=1S/C17H27N3/c1-19-11-5-4-7-16(19)9-12-20-13-10-18-14-15-6-2-3-8-17(15)20/h2-3,6,8,16,18H,4-5,7,9-14H2,1H3. The highest BCUT2D eigenvalue weighted by atomic mass is 15.2. The van der Waals surface area contributed by atoms with Crippen LogP contribution in [0.3, 0.4) is 0 Å². The first-order valence-electron chi connectivity index (χ1n) is 8.08. The Labute approximate surface area is 123 Å². The van der Waals surface area contributed by atoms with Gasteiger partial charge in [-0.2, -0.15) is 0 Å². The summed E-state index contributed by atoms with van der Waals surface area (Å²) in [4.78, 5) is 5.14. The molecule has 0 bridgehead atoms. The van der Waals surface area contributed by atoms with Crippen molar-refractivity contribution in [3.05, 3.63) is 29.8 Å². The molecule has 1 saturated heterocycles. The van der Waals surface area contributed by atoms with Crippen LogP contribution >= 0.6 is 0 Å². The van der Waals surface area contributed by atoms with Crippen LogP contribution in [0.1, 0.15) is 31.2 Å². The highest BCUT2D eigenvalue weighted by Gasteiger charge is 2.21. The Morgan fingerprint density at radius 2 is 2.10 bits per heavy atom. The van der Waals surface area contributed by atoms with Gasteiger partial charge in [-0.3, -0.25) is 0 Å². The lowest BCUT2D eigenvalue weighted by atomic mass is 9.99. The van der Waals surface area contributed by atoms with Crippen LogP contribution in [0, 0.1) is 0 Å². The molecule has 20 heavy (non-hydrogen) atoms. The molecule has 110 valence electrons. The third-order valence-electron chi connectivity index (χ3n) is 4.86. The Bertz CT molecular complexity index is 432. The molecule has 1 aromatic carbocycles. The number of benzene rings is 1. The van der Waals surface area contributed by atoms with E-state index in [1.807, 2.05) is 0 Å². The Balaban J connectivity index is 1.64. The Morgan fingerprint density at radius 1 is 1.20 bits per heavy atom. The molecule has 2 aliphatic rings. The van der Waals surface area contributed by atoms with Gasteiger partial charge < -0.3 is 15.1 Å². The second-order valence-electron chi connectivity index (χ2n) is 6.21. The highest BCUT2D eigenvalue weighted by molar-refractivity contribution is 5.54. The maximum atomic E-state index is 3.53. The van der Waals surface area contributed by atoms with Crippen molar-refractivity contribution in [1.82, 2.24) is 10.2 Å². The number of piperidine rings is 1. The zero-order valence-corrected chi connectivity index (χ0v) is 12.6. The fourth-order valence-electron chi connectivity index (χ4n) is 3.57. The van der Waals surface area contributed by atoms with E-state index in [1.54, 1.807) is 0 Å². The van der Waals surface area contributed by atoms with Gasteiger partial charge in [-0.25, -0.2) is 0 Å². The van der Waals surface area contributed by atoms with E-state index in [-0.39, 0.29) is 0 Å². The SMILES string of the molecule is CN1CCCCC1CCN1CCNCc2ccccc21. The van der Waals surface area contributed by atoms with Crippen LogP contribution in [-0.2, 0) is 6.54 Å². The minimum atomic E-state index is 0.784. The van der Waals surface area contributed by atoms with E-state index in [4.69, 9.17) is 0 Å². The lowest BCUT2D eigenvalue weighted by Crippen LogP contribution is -2.39. The monoisotopic (exact) mass is 273 g/mol. The molecule has 1 atom stereocenters. The summed E-state index contributed by atoms with van der Waals surface area (Å²) in [5.74, 6) is 0. The normalized spacial score (nSPS) is 24.2. The summed E-state index contributed by atoms with van der Waals surface area (Å²) in [6.45, 7) is 5.70. The predicted molar refractivity (Wildman–Crippen MR) is 85.2 cm³/mol. The molecule has 1 aromatic rings. The number of nitrogens with one attached hydrogen (secondary N) is 1. The van der Waals surface area contributed by atoms with Crippen LogP contribution in [0.2, 0.25) is 0 Å². The number of para-hydroxylation sites is 1. The van der Waals surface area contributed by atoms with E-state index in [1.165, 1.54) is 50.0 Å². The zero-order valence-electron chi connectivity index (χ0n) is 12.6. The summed E-state index contributed by atoms with van der Waals surface area (Å²) in [6, 6.07) is 9.65. The van der Waals surface area contributed by atoms with Gasteiger partial charge in [-0.15, -0.1) is 0 Å². The van der Waals surface area contributed by atoms with Gasteiger partial charge in [0.05, 0.1) is 0 Å². The first-order valence-corrected chi connectivity index (χ1v) is 8.08. The Kier molecular flexibility index (Phi) is 4.58. The minimum Gasteiger partial charge on any atom is -0.370 e. The first-order chi connectivity index (χ1) is 9.84. The average Bonchev–Trinajstić information content (AvgIpc) is 2.69. The summed E-state index contributed by atoms with van der Waals surface area (Å²) in [7, 11) is 2.29. The fourth-order valence-corrected chi connectivity index (χ4v) is 3.57. The van der Waals surface area contributed by atoms with Gasteiger partial charge in [0.2, 0.25) is 0 Å². The summed E-state index contributed by atoms with van der Waals surface area (Å²) in [5, 5.41) is 3.53. The van der Waals surface area contributed by atoms with Crippen LogP contribution in [0.4, 0.5) is 5.69 Å². The predicted octanol–water partition coefficient (Wildman–Crippen LogP) is 2.47. The summed E-state index contributed by atoms with van der Waals surface area (Å²) < 4.78 is 0. The van der Waals surface area contributed by atoms with Crippen molar-refractivity contribution in [3.63, 3.8) is 0 Å². The largest absolute Gasteiger partial charge is 0.370 e. The maximum Gasteiger partial charge on any atom is 0.0412 e. The zero-order chi connectivity index (χ0) is 13.8. The number of anilines is 1. The third kappa shape index (κ3) is 3.15. The molecule has 0 saturated carbocycles. The molecule has 0 aromatic heterocycles. The van der Waals surface area contributed by atoms with E-state index >= 15 is 0 Å². The molecule has 3 heteroatoms. The molecule has 2 heterocycles. The van der Waals surface area contributed by atoms with E-state index in [0.29, 0.717) is 0 Å². The number of nitrogens with zero attached hydrogens (tertiary/aromatic N) is 2. The van der Waals surface area contributed by atoms with Crippen LogP contribution < -0.4 is 10.2 Å². The minimum absolute atomic E-state index is 0.784. The lowest BCUT2D eigenvalue weighted by Gasteiger charge is -2.34. The van der Waals surface area contributed by atoms with E-state index < -0.39 is 0 Å². The smallest absolute Gasteiger partial charge is 0.0412 e. The summed E-state index contributed by atoms with van der Waals surface area (Å²) in [6.07, 6.45) is 5.46. The van der Waals surface area contributed by atoms with Crippen LogP contribution in [0.15, 0.2) is 24.3 Å². The molecule has 1 unspecified atom stereocenters. The third-order valence-corrected chi connectivity index (χ3v) is 4.86. The molecule has 2 aliphatic heterocycles. The fraction of sp³-hybridized carbons (Fsp3) is 0.647. The molecule has 1 fully saturated rings. The molecule has 0 spiro atoms. The maximum absolute atomic E-state index is 3.53. The topological polar surface area (TPSA) is 18.5 Å². The van der Waals surface area contributed by atoms with E-state index in [0.717, 1.165) is 25.7 Å². The van der Waals surface area contributed by atoms with Gasteiger partial charge in [-0.05, 0) is 44.5 Å².